The van der Waals surface area contributed by atoms with Gasteiger partial charge in [0.1, 0.15) is 19.0 Å². The summed E-state index contributed by atoms with van der Waals surface area (Å²) in [5.74, 6) is 2.43. The number of nitrogens with zero attached hydrogens (tertiary/aromatic N) is 2. The lowest BCUT2D eigenvalue weighted by atomic mass is 9.87. The number of hydrogen-bond donors (Lipinski definition) is 1. The first kappa shape index (κ1) is 22.9. The molecule has 1 amide bonds. The average Bonchev–Trinajstić information content (AvgIpc) is 2.83. The molecule has 1 saturated heterocycles. The van der Waals surface area contributed by atoms with Gasteiger partial charge in [0.05, 0.1) is 0 Å². The van der Waals surface area contributed by atoms with Gasteiger partial charge in [-0.1, -0.05) is 31.2 Å². The number of carbonyl (C=O) groups is 2. The summed E-state index contributed by atoms with van der Waals surface area (Å²) in [6.45, 7) is 6.61. The van der Waals surface area contributed by atoms with Gasteiger partial charge in [0.2, 0.25) is 5.91 Å². The van der Waals surface area contributed by atoms with Gasteiger partial charge in [-0.15, -0.1) is 0 Å². The molecule has 0 aliphatic carbocycles. The minimum Gasteiger partial charge on any atom is -0.486 e. The highest BCUT2D eigenvalue weighted by atomic mass is 16.6. The molecule has 0 unspecified atom stereocenters. The molecule has 0 spiro atoms. The molecule has 35 heavy (non-hydrogen) atoms. The van der Waals surface area contributed by atoms with Gasteiger partial charge in [0, 0.05) is 55.9 Å². The summed E-state index contributed by atoms with van der Waals surface area (Å²) in [5.41, 5.74) is 4.17. The number of hydrogen-bond acceptors (Lipinski definition) is 6. The van der Waals surface area contributed by atoms with Gasteiger partial charge in [0.15, 0.2) is 17.3 Å². The number of Topliss-reactive ketones (excluding diaryl/α,β-unsaturated/α-hetero) is 1. The van der Waals surface area contributed by atoms with E-state index in [2.05, 4.69) is 58.5 Å². The van der Waals surface area contributed by atoms with Gasteiger partial charge >= 0.3 is 0 Å². The Kier molecular flexibility index (Phi) is 6.40. The highest BCUT2D eigenvalue weighted by Gasteiger charge is 2.29. The Balaban J connectivity index is 1.17. The lowest BCUT2D eigenvalue weighted by molar-refractivity contribution is -0.114. The van der Waals surface area contributed by atoms with Crippen molar-refractivity contribution in [1.29, 1.82) is 0 Å². The van der Waals surface area contributed by atoms with Gasteiger partial charge in [-0.05, 0) is 41.3 Å². The van der Waals surface area contributed by atoms with Crippen molar-refractivity contribution in [2.45, 2.75) is 32.1 Å². The predicted octanol–water partition coefficient (Wildman–Crippen LogP) is 4.79. The number of fused-ring (bicyclic) bond motifs is 1. The van der Waals surface area contributed by atoms with E-state index in [1.165, 1.54) is 12.5 Å². The molecule has 2 aromatic carbocycles. The number of anilines is 2. The summed E-state index contributed by atoms with van der Waals surface area (Å²) in [4.78, 5) is 30.5. The molecule has 1 N–H and O–H groups in total. The standard InChI is InChI=1S/C28H29N3O4/c1-18(13-25(33)22-9-10-29-28(14-22)30-19(2)32)20-3-5-21(6-4-20)23-16-31(17-23)24-7-8-26-27(15-24)35-12-11-34-26/h3-10,14-15,18,23H,11-13,16-17H2,1-2H3,(H,29,30,32)/t18-/m1/s1. The molecule has 2 aliphatic heterocycles. The first-order chi connectivity index (χ1) is 17.0. The third kappa shape index (κ3) is 5.14. The SMILES string of the molecule is CC(=O)Nc1cc(C(=O)C[C@@H](C)c2ccc(C3CN(c4ccc5c(c4)OCCO5)C3)cc2)ccn1. The van der Waals surface area contributed by atoms with Crippen LogP contribution in [0.3, 0.4) is 0 Å². The zero-order chi connectivity index (χ0) is 24.4. The van der Waals surface area contributed by atoms with Crippen molar-refractivity contribution in [1.82, 2.24) is 4.98 Å². The Labute approximate surface area is 205 Å². The Bertz CT molecular complexity index is 1240. The van der Waals surface area contributed by atoms with Gasteiger partial charge in [0.25, 0.3) is 0 Å². The zero-order valence-corrected chi connectivity index (χ0v) is 20.0. The molecule has 0 radical (unpaired) electrons. The van der Waals surface area contributed by atoms with E-state index in [4.69, 9.17) is 9.47 Å². The number of pyridine rings is 1. The maximum atomic E-state index is 12.8. The molecule has 1 atom stereocenters. The molecular formula is C28H29N3O4. The Hall–Kier alpha value is -3.87. The summed E-state index contributed by atoms with van der Waals surface area (Å²) in [6, 6.07) is 18.1. The number of rotatable bonds is 7. The van der Waals surface area contributed by atoms with Gasteiger partial charge < -0.3 is 19.7 Å². The summed E-state index contributed by atoms with van der Waals surface area (Å²) in [7, 11) is 0. The molecule has 7 heteroatoms. The minimum atomic E-state index is -0.212. The number of amides is 1. The fourth-order valence-electron chi connectivity index (χ4n) is 4.59. The van der Waals surface area contributed by atoms with E-state index in [1.807, 2.05) is 6.07 Å². The van der Waals surface area contributed by atoms with Crippen LogP contribution < -0.4 is 19.7 Å². The van der Waals surface area contributed by atoms with Crippen LogP contribution in [0.5, 0.6) is 11.5 Å². The fraction of sp³-hybridized carbons (Fsp3) is 0.321. The molecule has 2 aliphatic rings. The molecule has 1 fully saturated rings. The van der Waals surface area contributed by atoms with Crippen molar-refractivity contribution < 1.29 is 19.1 Å². The van der Waals surface area contributed by atoms with Crippen molar-refractivity contribution in [3.63, 3.8) is 0 Å². The van der Waals surface area contributed by atoms with Crippen LogP contribution >= 0.6 is 0 Å². The molecule has 5 rings (SSSR count). The van der Waals surface area contributed by atoms with Crippen LogP contribution in [0, 0.1) is 0 Å². The van der Waals surface area contributed by atoms with E-state index in [1.54, 1.807) is 18.3 Å². The van der Waals surface area contributed by atoms with Crippen molar-refractivity contribution in [2.75, 3.05) is 36.5 Å². The smallest absolute Gasteiger partial charge is 0.222 e. The Morgan fingerprint density at radius 3 is 2.51 bits per heavy atom. The first-order valence-electron chi connectivity index (χ1n) is 12.0. The number of ether oxygens (including phenoxy) is 2. The summed E-state index contributed by atoms with van der Waals surface area (Å²) in [6.07, 6.45) is 1.94. The zero-order valence-electron chi connectivity index (χ0n) is 20.0. The van der Waals surface area contributed by atoms with Gasteiger partial charge in [-0.3, -0.25) is 9.59 Å². The largest absolute Gasteiger partial charge is 0.486 e. The van der Waals surface area contributed by atoms with Crippen molar-refractivity contribution in [2.24, 2.45) is 0 Å². The molecule has 180 valence electrons. The van der Waals surface area contributed by atoms with Crippen LogP contribution in [0.1, 0.15) is 53.6 Å². The van der Waals surface area contributed by atoms with Gasteiger partial charge in [-0.25, -0.2) is 4.98 Å². The summed E-state index contributed by atoms with van der Waals surface area (Å²) in [5, 5.41) is 2.62. The lowest BCUT2D eigenvalue weighted by Crippen LogP contribution is -2.45. The van der Waals surface area contributed by atoms with Crippen LogP contribution in [0.15, 0.2) is 60.8 Å². The highest BCUT2D eigenvalue weighted by Crippen LogP contribution is 2.38. The molecule has 0 bridgehead atoms. The topological polar surface area (TPSA) is 80.8 Å². The average molecular weight is 472 g/mol. The van der Waals surface area contributed by atoms with Crippen LogP contribution in [0.25, 0.3) is 0 Å². The normalized spacial score (nSPS) is 15.8. The van der Waals surface area contributed by atoms with E-state index in [-0.39, 0.29) is 17.6 Å². The number of aromatic nitrogens is 1. The number of nitrogens with one attached hydrogen (secondary N) is 1. The van der Waals surface area contributed by atoms with E-state index in [0.29, 0.717) is 36.9 Å². The summed E-state index contributed by atoms with van der Waals surface area (Å²) < 4.78 is 11.3. The molecule has 0 saturated carbocycles. The van der Waals surface area contributed by atoms with Crippen LogP contribution in [-0.2, 0) is 4.79 Å². The second-order valence-electron chi connectivity index (χ2n) is 9.24. The van der Waals surface area contributed by atoms with E-state index < -0.39 is 0 Å². The quantitative estimate of drug-likeness (QED) is 0.499. The molecule has 7 nitrogen and oxygen atoms in total. The van der Waals surface area contributed by atoms with E-state index in [0.717, 1.165) is 35.8 Å². The lowest BCUT2D eigenvalue weighted by Gasteiger charge is -2.41. The van der Waals surface area contributed by atoms with Gasteiger partial charge in [-0.2, -0.15) is 0 Å². The van der Waals surface area contributed by atoms with E-state index >= 15 is 0 Å². The van der Waals surface area contributed by atoms with Crippen molar-refractivity contribution in [3.05, 3.63) is 77.5 Å². The third-order valence-corrected chi connectivity index (χ3v) is 6.63. The molecule has 1 aromatic heterocycles. The summed E-state index contributed by atoms with van der Waals surface area (Å²) >= 11 is 0. The minimum absolute atomic E-state index is 0.0321. The second-order valence-corrected chi connectivity index (χ2v) is 9.24. The first-order valence-corrected chi connectivity index (χ1v) is 12.0. The molecule has 3 aromatic rings. The maximum absolute atomic E-state index is 12.8. The second kappa shape index (κ2) is 9.78. The fourth-order valence-corrected chi connectivity index (χ4v) is 4.59. The van der Waals surface area contributed by atoms with Crippen molar-refractivity contribution in [3.8, 4) is 11.5 Å². The number of ketones is 1. The predicted molar refractivity (Wildman–Crippen MR) is 135 cm³/mol. The van der Waals surface area contributed by atoms with E-state index in [9.17, 15) is 9.59 Å². The van der Waals surface area contributed by atoms with Crippen molar-refractivity contribution >= 4 is 23.2 Å². The maximum Gasteiger partial charge on any atom is 0.222 e. The number of carbonyl (C=O) groups excluding carboxylic acids is 2. The monoisotopic (exact) mass is 471 g/mol. The number of benzene rings is 2. The Morgan fingerprint density at radius 2 is 1.77 bits per heavy atom. The Morgan fingerprint density at radius 1 is 1.03 bits per heavy atom. The van der Waals surface area contributed by atoms with Crippen LogP contribution in [0.2, 0.25) is 0 Å². The molecule has 3 heterocycles. The highest BCUT2D eigenvalue weighted by molar-refractivity contribution is 5.98. The van der Waals surface area contributed by atoms with Crippen LogP contribution in [0.4, 0.5) is 11.5 Å². The molecular weight excluding hydrogens is 442 g/mol. The van der Waals surface area contributed by atoms with Crippen LogP contribution in [-0.4, -0.2) is 43.0 Å². The third-order valence-electron chi connectivity index (χ3n) is 6.63.